The maximum Gasteiger partial charge on any atom is 0.315 e. The largest absolute Gasteiger partial charge is 0.408 e. The molecule has 0 unspecified atom stereocenters. The highest BCUT2D eigenvalue weighted by Gasteiger charge is 2.19. The van der Waals surface area contributed by atoms with Crippen LogP contribution in [0.25, 0.3) is 0 Å². The summed E-state index contributed by atoms with van der Waals surface area (Å²) in [4.78, 5) is 0. The van der Waals surface area contributed by atoms with Crippen LogP contribution in [0.1, 0.15) is 18.7 Å². The Kier molecular flexibility index (Phi) is 4.17. The van der Waals surface area contributed by atoms with Gasteiger partial charge in [0.05, 0.1) is 0 Å². The van der Waals surface area contributed by atoms with Gasteiger partial charge in [-0.3, -0.25) is 4.21 Å². The number of aromatic nitrogens is 2. The molecule has 2 heterocycles. The van der Waals surface area contributed by atoms with E-state index in [0.717, 1.165) is 24.3 Å². The van der Waals surface area contributed by atoms with Gasteiger partial charge in [0, 0.05) is 40.6 Å². The Balaban J connectivity index is 1.86. The van der Waals surface area contributed by atoms with E-state index in [4.69, 9.17) is 16.0 Å². The second-order valence-electron chi connectivity index (χ2n) is 3.71. The Morgan fingerprint density at radius 1 is 1.44 bits per heavy atom. The zero-order valence-electron chi connectivity index (χ0n) is 8.82. The third-order valence-electron chi connectivity index (χ3n) is 2.49. The Labute approximate surface area is 101 Å². The average Bonchev–Trinajstić information content (AvgIpc) is 2.70. The van der Waals surface area contributed by atoms with Crippen LogP contribution < -0.4 is 5.32 Å². The lowest BCUT2D eigenvalue weighted by Crippen LogP contribution is -2.29. The van der Waals surface area contributed by atoms with Gasteiger partial charge in [-0.25, -0.2) is 0 Å². The molecule has 1 fully saturated rings. The molecule has 1 N–H and O–H groups in total. The summed E-state index contributed by atoms with van der Waals surface area (Å²) in [6.07, 6.45) is 2.37. The highest BCUT2D eigenvalue weighted by molar-refractivity contribution is 7.85. The van der Waals surface area contributed by atoms with Crippen molar-refractivity contribution < 1.29 is 8.63 Å². The molecule has 90 valence electrons. The van der Waals surface area contributed by atoms with Crippen LogP contribution >= 0.6 is 11.6 Å². The van der Waals surface area contributed by atoms with Gasteiger partial charge in [0.2, 0.25) is 5.89 Å². The molecular weight excluding hydrogens is 250 g/mol. The van der Waals surface area contributed by atoms with Crippen LogP contribution in [0, 0.1) is 0 Å². The van der Waals surface area contributed by atoms with E-state index < -0.39 is 10.8 Å². The molecule has 0 bridgehead atoms. The molecule has 1 aromatic rings. The van der Waals surface area contributed by atoms with Crippen molar-refractivity contribution in [1.29, 1.82) is 0 Å². The molecule has 1 aliphatic rings. The highest BCUT2D eigenvalue weighted by atomic mass is 35.5. The van der Waals surface area contributed by atoms with Gasteiger partial charge in [-0.05, 0) is 12.8 Å². The van der Waals surface area contributed by atoms with E-state index in [2.05, 4.69) is 15.5 Å². The number of nitrogens with zero attached hydrogens (tertiary/aromatic N) is 2. The second-order valence-corrected chi connectivity index (χ2v) is 5.78. The van der Waals surface area contributed by atoms with E-state index in [1.165, 1.54) is 0 Å². The summed E-state index contributed by atoms with van der Waals surface area (Å²) in [5, 5.41) is 10.9. The predicted molar refractivity (Wildman–Crippen MR) is 63.2 cm³/mol. The van der Waals surface area contributed by atoms with Crippen molar-refractivity contribution in [3.8, 4) is 0 Å². The third-order valence-corrected chi connectivity index (χ3v) is 4.06. The first-order valence-electron chi connectivity index (χ1n) is 5.28. The predicted octanol–water partition coefficient (Wildman–Crippen LogP) is 1.17. The van der Waals surface area contributed by atoms with Crippen molar-refractivity contribution >= 4 is 28.4 Å². The molecule has 2 rings (SSSR count). The molecule has 0 amide bonds. The van der Waals surface area contributed by atoms with Crippen LogP contribution in [0.3, 0.4) is 0 Å². The number of alkyl halides is 1. The minimum atomic E-state index is -0.641. The van der Waals surface area contributed by atoms with E-state index in [1.807, 2.05) is 0 Å². The molecule has 5 nitrogen and oxygen atoms in total. The molecule has 0 radical (unpaired) electrons. The van der Waals surface area contributed by atoms with Crippen molar-refractivity contribution in [2.75, 3.05) is 22.7 Å². The zero-order chi connectivity index (χ0) is 11.4. The van der Waals surface area contributed by atoms with Crippen LogP contribution in [0.4, 0.5) is 6.01 Å². The number of rotatable bonds is 4. The third kappa shape index (κ3) is 3.18. The summed E-state index contributed by atoms with van der Waals surface area (Å²) in [5.74, 6) is 2.53. The molecule has 0 spiro atoms. The van der Waals surface area contributed by atoms with E-state index >= 15 is 0 Å². The number of aryl methyl sites for hydroxylation is 1. The molecule has 0 aliphatic carbocycles. The van der Waals surface area contributed by atoms with Gasteiger partial charge in [0.15, 0.2) is 0 Å². The molecule has 7 heteroatoms. The fourth-order valence-corrected chi connectivity index (χ4v) is 3.07. The van der Waals surface area contributed by atoms with Gasteiger partial charge < -0.3 is 9.73 Å². The number of halogens is 1. The lowest BCUT2D eigenvalue weighted by atomic mass is 10.2. The van der Waals surface area contributed by atoms with Crippen molar-refractivity contribution in [3.63, 3.8) is 0 Å². The maximum atomic E-state index is 11.2. The quantitative estimate of drug-likeness (QED) is 0.826. The van der Waals surface area contributed by atoms with Crippen LogP contribution in [0.15, 0.2) is 4.42 Å². The molecular formula is C9H14ClN3O2S. The van der Waals surface area contributed by atoms with Gasteiger partial charge in [0.1, 0.15) is 0 Å². The Hall–Kier alpha value is -0.620. The van der Waals surface area contributed by atoms with Gasteiger partial charge in [-0.15, -0.1) is 16.7 Å². The maximum absolute atomic E-state index is 11.2. The van der Waals surface area contributed by atoms with Crippen molar-refractivity contribution in [3.05, 3.63) is 5.89 Å². The van der Waals surface area contributed by atoms with E-state index in [-0.39, 0.29) is 0 Å². The van der Waals surface area contributed by atoms with Crippen LogP contribution in [0.2, 0.25) is 0 Å². The van der Waals surface area contributed by atoms with Gasteiger partial charge >= 0.3 is 6.01 Å². The highest BCUT2D eigenvalue weighted by Crippen LogP contribution is 2.15. The summed E-state index contributed by atoms with van der Waals surface area (Å²) < 4.78 is 16.5. The topological polar surface area (TPSA) is 68.0 Å². The summed E-state index contributed by atoms with van der Waals surface area (Å²) in [7, 11) is -0.641. The first kappa shape index (κ1) is 11.9. The summed E-state index contributed by atoms with van der Waals surface area (Å²) in [6.45, 7) is 0. The van der Waals surface area contributed by atoms with E-state index in [9.17, 15) is 4.21 Å². The van der Waals surface area contributed by atoms with Crippen LogP contribution in [-0.4, -0.2) is 37.8 Å². The Morgan fingerprint density at radius 2 is 2.19 bits per heavy atom. The number of hydrogen-bond acceptors (Lipinski definition) is 5. The van der Waals surface area contributed by atoms with Crippen molar-refractivity contribution in [2.45, 2.75) is 25.3 Å². The smallest absolute Gasteiger partial charge is 0.315 e. The van der Waals surface area contributed by atoms with Crippen LogP contribution in [0.5, 0.6) is 0 Å². The number of nitrogens with one attached hydrogen (secondary N) is 1. The normalized spacial score (nSPS) is 25.6. The first-order valence-corrected chi connectivity index (χ1v) is 7.30. The lowest BCUT2D eigenvalue weighted by Gasteiger charge is -2.21. The minimum Gasteiger partial charge on any atom is -0.408 e. The van der Waals surface area contributed by atoms with Crippen molar-refractivity contribution in [1.82, 2.24) is 10.2 Å². The zero-order valence-corrected chi connectivity index (χ0v) is 10.4. The summed E-state index contributed by atoms with van der Waals surface area (Å²) in [5.41, 5.74) is 0. The molecule has 0 saturated carbocycles. The molecule has 16 heavy (non-hydrogen) atoms. The Bertz CT molecular complexity index is 361. The SMILES string of the molecule is O=S1CCC(Nc2nnc(CCCl)o2)CC1. The molecule has 1 aliphatic heterocycles. The van der Waals surface area contributed by atoms with Crippen LogP contribution in [-0.2, 0) is 17.2 Å². The van der Waals surface area contributed by atoms with Gasteiger partial charge in [0.25, 0.3) is 0 Å². The summed E-state index contributed by atoms with van der Waals surface area (Å²) >= 11 is 5.57. The summed E-state index contributed by atoms with van der Waals surface area (Å²) in [6, 6.07) is 0.736. The molecule has 0 atom stereocenters. The fraction of sp³-hybridized carbons (Fsp3) is 0.778. The first-order chi connectivity index (χ1) is 7.78. The van der Waals surface area contributed by atoms with E-state index in [1.54, 1.807) is 0 Å². The standard InChI is InChI=1S/C9H14ClN3O2S/c10-4-1-8-12-13-9(15-8)11-7-2-5-16(14)6-3-7/h7H,1-6H2,(H,11,13). The molecule has 1 aromatic heterocycles. The number of anilines is 1. The van der Waals surface area contributed by atoms with Gasteiger partial charge in [-0.2, -0.15) is 0 Å². The lowest BCUT2D eigenvalue weighted by molar-refractivity contribution is 0.499. The monoisotopic (exact) mass is 263 g/mol. The number of hydrogen-bond donors (Lipinski definition) is 1. The molecule has 0 aromatic carbocycles. The van der Waals surface area contributed by atoms with Gasteiger partial charge in [-0.1, -0.05) is 5.10 Å². The van der Waals surface area contributed by atoms with E-state index in [0.29, 0.717) is 30.2 Å². The Morgan fingerprint density at radius 3 is 2.88 bits per heavy atom. The second kappa shape index (κ2) is 5.63. The van der Waals surface area contributed by atoms with Crippen molar-refractivity contribution in [2.24, 2.45) is 0 Å². The fourth-order valence-electron chi connectivity index (χ4n) is 1.61. The average molecular weight is 264 g/mol. The minimum absolute atomic E-state index is 0.294. The molecule has 1 saturated heterocycles.